The molecule has 15 heavy (non-hydrogen) atoms. The van der Waals surface area contributed by atoms with Gasteiger partial charge in [-0.3, -0.25) is 0 Å². The van der Waals surface area contributed by atoms with Crippen LogP contribution in [0.5, 0.6) is 0 Å². The molecule has 0 spiro atoms. The molecule has 1 heterocycles. The molecular formula is C13H21BrS. The van der Waals surface area contributed by atoms with Gasteiger partial charge in [-0.15, -0.1) is 11.3 Å². The van der Waals surface area contributed by atoms with E-state index in [1.807, 2.05) is 11.3 Å². The lowest BCUT2D eigenvalue weighted by atomic mass is 9.94. The normalized spacial score (nSPS) is 15.1. The van der Waals surface area contributed by atoms with Crippen LogP contribution in [-0.2, 0) is 6.42 Å². The zero-order valence-electron chi connectivity index (χ0n) is 9.71. The fraction of sp³-hybridized carbons (Fsp3) is 0.692. The Bertz CT molecular complexity index is 243. The van der Waals surface area contributed by atoms with E-state index in [9.17, 15) is 0 Å². The van der Waals surface area contributed by atoms with Gasteiger partial charge in [-0.05, 0) is 30.2 Å². The zero-order chi connectivity index (χ0) is 11.1. The van der Waals surface area contributed by atoms with E-state index < -0.39 is 0 Å². The van der Waals surface area contributed by atoms with E-state index in [1.165, 1.54) is 37.0 Å². The van der Waals surface area contributed by atoms with Crippen molar-refractivity contribution in [2.24, 2.45) is 5.92 Å². The van der Waals surface area contributed by atoms with Crippen LogP contribution in [0.3, 0.4) is 0 Å². The molecule has 0 radical (unpaired) electrons. The van der Waals surface area contributed by atoms with Gasteiger partial charge in [-0.2, -0.15) is 0 Å². The number of thiophene rings is 1. The first-order valence-electron chi connectivity index (χ1n) is 5.94. The molecule has 0 N–H and O–H groups in total. The van der Waals surface area contributed by atoms with E-state index >= 15 is 0 Å². The van der Waals surface area contributed by atoms with Crippen LogP contribution in [0.25, 0.3) is 0 Å². The summed E-state index contributed by atoms with van der Waals surface area (Å²) in [7, 11) is 0. The highest BCUT2D eigenvalue weighted by molar-refractivity contribution is 9.09. The molecule has 1 aromatic rings. The number of hydrogen-bond donors (Lipinski definition) is 0. The first kappa shape index (κ1) is 13.2. The Hall–Kier alpha value is 0.180. The molecule has 0 fully saturated rings. The standard InChI is InChI=1S/C13H21BrS/c1-3-5-7-11(4-2)13(14)10-12-8-6-9-15-12/h6,8-9,11,13H,3-5,7,10H2,1-2H3. The van der Waals surface area contributed by atoms with Gasteiger partial charge in [0.05, 0.1) is 0 Å². The first-order chi connectivity index (χ1) is 7.27. The minimum absolute atomic E-state index is 0.660. The van der Waals surface area contributed by atoms with Gasteiger partial charge < -0.3 is 0 Å². The Balaban J connectivity index is 2.39. The summed E-state index contributed by atoms with van der Waals surface area (Å²) in [5.41, 5.74) is 0. The molecule has 0 aromatic carbocycles. The molecule has 0 saturated heterocycles. The van der Waals surface area contributed by atoms with E-state index in [1.54, 1.807) is 0 Å². The lowest BCUT2D eigenvalue weighted by Crippen LogP contribution is -2.15. The van der Waals surface area contributed by atoms with Crippen molar-refractivity contribution in [3.63, 3.8) is 0 Å². The molecule has 1 rings (SSSR count). The summed E-state index contributed by atoms with van der Waals surface area (Å²) in [5, 5.41) is 2.17. The molecule has 0 aliphatic carbocycles. The molecule has 2 heteroatoms. The predicted octanol–water partition coefficient (Wildman–Crippen LogP) is 5.27. The van der Waals surface area contributed by atoms with Crippen LogP contribution in [-0.4, -0.2) is 4.83 Å². The number of halogens is 1. The highest BCUT2D eigenvalue weighted by Gasteiger charge is 2.17. The molecule has 0 bridgehead atoms. The highest BCUT2D eigenvalue weighted by Crippen LogP contribution is 2.27. The Morgan fingerprint density at radius 1 is 1.40 bits per heavy atom. The second-order valence-corrected chi connectivity index (χ2v) is 6.32. The SMILES string of the molecule is CCCCC(CC)C(Br)Cc1cccs1. The van der Waals surface area contributed by atoms with Crippen molar-refractivity contribution in [1.29, 1.82) is 0 Å². The van der Waals surface area contributed by atoms with Crippen molar-refractivity contribution in [2.45, 2.75) is 50.8 Å². The molecule has 86 valence electrons. The molecule has 0 aliphatic heterocycles. The Kier molecular flexibility index (Phi) is 6.58. The number of alkyl halides is 1. The smallest absolute Gasteiger partial charge is 0.0222 e. The minimum Gasteiger partial charge on any atom is -0.149 e. The summed E-state index contributed by atoms with van der Waals surface area (Å²) >= 11 is 5.74. The summed E-state index contributed by atoms with van der Waals surface area (Å²) in [6, 6.07) is 4.39. The van der Waals surface area contributed by atoms with Crippen LogP contribution in [0.4, 0.5) is 0 Å². The third-order valence-electron chi connectivity index (χ3n) is 2.94. The van der Waals surface area contributed by atoms with Gasteiger partial charge in [0.2, 0.25) is 0 Å². The first-order valence-corrected chi connectivity index (χ1v) is 7.73. The van der Waals surface area contributed by atoms with Crippen LogP contribution in [0.15, 0.2) is 17.5 Å². The number of unbranched alkanes of at least 4 members (excludes halogenated alkanes) is 1. The summed E-state index contributed by atoms with van der Waals surface area (Å²) in [6.07, 6.45) is 6.54. The average Bonchev–Trinajstić information content (AvgIpc) is 2.71. The van der Waals surface area contributed by atoms with Crippen molar-refractivity contribution in [1.82, 2.24) is 0 Å². The van der Waals surface area contributed by atoms with Crippen LogP contribution < -0.4 is 0 Å². The summed E-state index contributed by atoms with van der Waals surface area (Å²) in [5.74, 6) is 0.840. The second-order valence-electron chi connectivity index (χ2n) is 4.11. The summed E-state index contributed by atoms with van der Waals surface area (Å²) in [4.78, 5) is 2.17. The van der Waals surface area contributed by atoms with Gasteiger partial charge in [0, 0.05) is 9.70 Å². The Morgan fingerprint density at radius 2 is 2.20 bits per heavy atom. The lowest BCUT2D eigenvalue weighted by molar-refractivity contribution is 0.438. The summed E-state index contributed by atoms with van der Waals surface area (Å²) in [6.45, 7) is 4.58. The maximum absolute atomic E-state index is 3.86. The van der Waals surface area contributed by atoms with E-state index in [0.29, 0.717) is 4.83 Å². The number of hydrogen-bond acceptors (Lipinski definition) is 1. The van der Waals surface area contributed by atoms with E-state index in [0.717, 1.165) is 5.92 Å². The van der Waals surface area contributed by atoms with Crippen molar-refractivity contribution < 1.29 is 0 Å². The maximum atomic E-state index is 3.86. The van der Waals surface area contributed by atoms with Gasteiger partial charge in [0.1, 0.15) is 0 Å². The fourth-order valence-electron chi connectivity index (χ4n) is 1.89. The second kappa shape index (κ2) is 7.45. The van der Waals surface area contributed by atoms with E-state index in [2.05, 4.69) is 47.3 Å². The predicted molar refractivity (Wildman–Crippen MR) is 74.0 cm³/mol. The van der Waals surface area contributed by atoms with Gasteiger partial charge >= 0.3 is 0 Å². The quantitative estimate of drug-likeness (QED) is 0.600. The molecule has 2 atom stereocenters. The molecule has 0 aliphatic rings. The zero-order valence-corrected chi connectivity index (χ0v) is 12.1. The highest BCUT2D eigenvalue weighted by atomic mass is 79.9. The monoisotopic (exact) mass is 288 g/mol. The van der Waals surface area contributed by atoms with Gasteiger partial charge in [0.25, 0.3) is 0 Å². The van der Waals surface area contributed by atoms with Crippen molar-refractivity contribution in [3.05, 3.63) is 22.4 Å². The topological polar surface area (TPSA) is 0 Å². The Labute approximate surface area is 106 Å². The third kappa shape index (κ3) is 4.69. The van der Waals surface area contributed by atoms with Gasteiger partial charge in [-0.25, -0.2) is 0 Å². The van der Waals surface area contributed by atoms with E-state index in [4.69, 9.17) is 0 Å². The summed E-state index contributed by atoms with van der Waals surface area (Å²) < 4.78 is 0. The van der Waals surface area contributed by atoms with Crippen molar-refractivity contribution in [2.75, 3.05) is 0 Å². The van der Waals surface area contributed by atoms with E-state index in [-0.39, 0.29) is 0 Å². The molecule has 0 amide bonds. The van der Waals surface area contributed by atoms with Crippen LogP contribution >= 0.6 is 27.3 Å². The molecular weight excluding hydrogens is 268 g/mol. The molecule has 0 nitrogen and oxygen atoms in total. The van der Waals surface area contributed by atoms with Crippen LogP contribution in [0, 0.1) is 5.92 Å². The fourth-order valence-corrected chi connectivity index (χ4v) is 3.86. The average molecular weight is 289 g/mol. The van der Waals surface area contributed by atoms with Gasteiger partial charge in [0.15, 0.2) is 0 Å². The molecule has 1 aromatic heterocycles. The van der Waals surface area contributed by atoms with Crippen LogP contribution in [0.1, 0.15) is 44.4 Å². The lowest BCUT2D eigenvalue weighted by Gasteiger charge is -2.20. The van der Waals surface area contributed by atoms with Crippen molar-refractivity contribution >= 4 is 27.3 Å². The number of rotatable bonds is 7. The third-order valence-corrected chi connectivity index (χ3v) is 4.91. The van der Waals surface area contributed by atoms with Crippen molar-refractivity contribution in [3.8, 4) is 0 Å². The van der Waals surface area contributed by atoms with Crippen LogP contribution in [0.2, 0.25) is 0 Å². The largest absolute Gasteiger partial charge is 0.149 e. The molecule has 2 unspecified atom stereocenters. The maximum Gasteiger partial charge on any atom is 0.0222 e. The Morgan fingerprint density at radius 3 is 2.73 bits per heavy atom. The minimum atomic E-state index is 0.660. The molecule has 0 saturated carbocycles. The van der Waals surface area contributed by atoms with Gasteiger partial charge in [-0.1, -0.05) is 55.1 Å².